The topological polar surface area (TPSA) is 61.9 Å². The molecule has 1 aromatic carbocycles. The van der Waals surface area contributed by atoms with Crippen LogP contribution >= 0.6 is 15.9 Å². The van der Waals surface area contributed by atoms with Gasteiger partial charge in [-0.15, -0.1) is 0 Å². The van der Waals surface area contributed by atoms with Crippen molar-refractivity contribution >= 4 is 27.3 Å². The van der Waals surface area contributed by atoms with Crippen LogP contribution in [0.25, 0.3) is 0 Å². The highest BCUT2D eigenvalue weighted by molar-refractivity contribution is 9.10. The van der Waals surface area contributed by atoms with Gasteiger partial charge in [0.2, 0.25) is 0 Å². The van der Waals surface area contributed by atoms with Gasteiger partial charge in [0.1, 0.15) is 5.82 Å². The molecule has 0 aliphatic rings. The van der Waals surface area contributed by atoms with Crippen LogP contribution < -0.4 is 11.1 Å². The molecule has 0 aliphatic heterocycles. The highest BCUT2D eigenvalue weighted by Crippen LogP contribution is 2.26. The average Bonchev–Trinajstić information content (AvgIpc) is 2.24. The van der Waals surface area contributed by atoms with Gasteiger partial charge in [-0.3, -0.25) is 0 Å². The predicted molar refractivity (Wildman–Crippen MR) is 68.5 cm³/mol. The smallest absolute Gasteiger partial charge is 0.146 e. The summed E-state index contributed by atoms with van der Waals surface area (Å²) in [5.41, 5.74) is 6.50. The second-order valence-electron chi connectivity index (χ2n) is 3.50. The fraction of sp³-hybridized carbons (Fsp3) is 0.364. The first-order valence-corrected chi connectivity index (χ1v) is 5.83. The van der Waals surface area contributed by atoms with Gasteiger partial charge in [0, 0.05) is 15.7 Å². The monoisotopic (exact) mass is 287 g/mol. The summed E-state index contributed by atoms with van der Waals surface area (Å²) in [6, 6.07) is 2.87. The number of nitrogens with one attached hydrogen (secondary N) is 2. The summed E-state index contributed by atoms with van der Waals surface area (Å²) in [5, 5.41) is 10.9. The van der Waals surface area contributed by atoms with Crippen molar-refractivity contribution in [2.24, 2.45) is 0 Å². The Labute approximate surface area is 103 Å². The molecule has 0 aliphatic carbocycles. The van der Waals surface area contributed by atoms with Crippen LogP contribution in [0.4, 0.5) is 10.1 Å². The zero-order valence-corrected chi connectivity index (χ0v) is 10.7. The Balaban J connectivity index is 2.86. The maximum absolute atomic E-state index is 13.3. The number of nitrogens with two attached hydrogens (primary N) is 1. The maximum Gasteiger partial charge on any atom is 0.146 e. The van der Waals surface area contributed by atoms with E-state index in [0.29, 0.717) is 22.2 Å². The van der Waals surface area contributed by atoms with Gasteiger partial charge in [0.05, 0.1) is 5.69 Å². The first kappa shape index (κ1) is 13.1. The Morgan fingerprint density at radius 2 is 2.25 bits per heavy atom. The van der Waals surface area contributed by atoms with E-state index >= 15 is 0 Å². The Kier molecular flexibility index (Phi) is 4.89. The second kappa shape index (κ2) is 5.96. The van der Waals surface area contributed by atoms with E-state index in [1.165, 1.54) is 6.07 Å². The quantitative estimate of drug-likeness (QED) is 0.443. The van der Waals surface area contributed by atoms with Crippen molar-refractivity contribution < 1.29 is 4.39 Å². The van der Waals surface area contributed by atoms with E-state index in [9.17, 15) is 4.39 Å². The summed E-state index contributed by atoms with van der Waals surface area (Å²) in [4.78, 5) is 0. The molecule has 0 saturated carbocycles. The molecule has 88 valence electrons. The summed E-state index contributed by atoms with van der Waals surface area (Å²) in [6.45, 7) is 0.829. The molecule has 16 heavy (non-hydrogen) atoms. The van der Waals surface area contributed by atoms with Crippen molar-refractivity contribution in [2.45, 2.75) is 12.8 Å². The highest BCUT2D eigenvalue weighted by Gasteiger charge is 2.13. The Morgan fingerprint density at radius 3 is 2.88 bits per heavy atom. The molecular weight excluding hydrogens is 273 g/mol. The van der Waals surface area contributed by atoms with Gasteiger partial charge in [-0.25, -0.2) is 4.39 Å². The van der Waals surface area contributed by atoms with Gasteiger partial charge in [-0.1, -0.05) is 15.9 Å². The molecule has 0 fully saturated rings. The molecule has 5 heteroatoms. The fourth-order valence-electron chi connectivity index (χ4n) is 1.44. The van der Waals surface area contributed by atoms with Crippen LogP contribution in [0.3, 0.4) is 0 Å². The van der Waals surface area contributed by atoms with Crippen molar-refractivity contribution in [2.75, 3.05) is 19.3 Å². The van der Waals surface area contributed by atoms with E-state index in [1.54, 1.807) is 6.07 Å². The van der Waals surface area contributed by atoms with Crippen LogP contribution in [-0.4, -0.2) is 19.3 Å². The minimum absolute atomic E-state index is 0.0452. The van der Waals surface area contributed by atoms with E-state index in [4.69, 9.17) is 11.1 Å². The molecule has 4 N–H and O–H groups in total. The zero-order valence-electron chi connectivity index (χ0n) is 9.11. The first-order chi connectivity index (χ1) is 7.57. The molecule has 0 aromatic heterocycles. The third-order valence-electron chi connectivity index (χ3n) is 2.30. The van der Waals surface area contributed by atoms with Crippen molar-refractivity contribution in [3.05, 3.63) is 28.0 Å². The van der Waals surface area contributed by atoms with Gasteiger partial charge in [-0.05, 0) is 38.6 Å². The van der Waals surface area contributed by atoms with Crippen LogP contribution in [0, 0.1) is 11.2 Å². The molecule has 0 saturated heterocycles. The van der Waals surface area contributed by atoms with Crippen molar-refractivity contribution in [3.63, 3.8) is 0 Å². The van der Waals surface area contributed by atoms with Crippen molar-refractivity contribution in [1.29, 1.82) is 5.41 Å². The summed E-state index contributed by atoms with van der Waals surface area (Å²) in [7, 11) is 1.86. The van der Waals surface area contributed by atoms with Crippen molar-refractivity contribution in [3.8, 4) is 0 Å². The van der Waals surface area contributed by atoms with Gasteiger partial charge in [0.25, 0.3) is 0 Å². The van der Waals surface area contributed by atoms with Gasteiger partial charge < -0.3 is 16.5 Å². The van der Waals surface area contributed by atoms with E-state index in [-0.39, 0.29) is 5.69 Å². The third-order valence-corrected chi connectivity index (χ3v) is 2.96. The molecule has 0 radical (unpaired) electrons. The molecular formula is C11H15BrFN3. The normalized spacial score (nSPS) is 10.4. The average molecular weight is 288 g/mol. The molecule has 0 amide bonds. The number of anilines is 1. The predicted octanol–water partition coefficient (Wildman–Crippen LogP) is 2.54. The van der Waals surface area contributed by atoms with Crippen molar-refractivity contribution in [1.82, 2.24) is 5.32 Å². The van der Waals surface area contributed by atoms with Gasteiger partial charge in [0.15, 0.2) is 0 Å². The molecule has 0 bridgehead atoms. The lowest BCUT2D eigenvalue weighted by Gasteiger charge is -2.10. The van der Waals surface area contributed by atoms with Gasteiger partial charge in [-0.2, -0.15) is 0 Å². The van der Waals surface area contributed by atoms with E-state index in [2.05, 4.69) is 21.2 Å². The molecule has 0 atom stereocenters. The second-order valence-corrected chi connectivity index (χ2v) is 4.36. The van der Waals surface area contributed by atoms with Crippen LogP contribution in [0.15, 0.2) is 16.6 Å². The molecule has 3 nitrogen and oxygen atoms in total. The molecule has 0 unspecified atom stereocenters. The minimum atomic E-state index is -0.475. The van der Waals surface area contributed by atoms with Crippen LogP contribution in [-0.2, 0) is 0 Å². The minimum Gasteiger partial charge on any atom is -0.396 e. The molecule has 1 rings (SSSR count). The largest absolute Gasteiger partial charge is 0.396 e. The molecule has 1 aromatic rings. The standard InChI is InChI=1S/C11H15BrFN3/c1-16-6-2-3-9(14)10-7(12)4-5-8(13)11(10)15/h4-5,14,16H,2-3,6,15H2,1H3. The summed E-state index contributed by atoms with van der Waals surface area (Å²) >= 11 is 3.29. The summed E-state index contributed by atoms with van der Waals surface area (Å²) < 4.78 is 13.9. The van der Waals surface area contributed by atoms with Crippen LogP contribution in [0.2, 0.25) is 0 Å². The molecule has 0 heterocycles. The number of hydrogen-bond acceptors (Lipinski definition) is 3. The first-order valence-electron chi connectivity index (χ1n) is 5.03. The fourth-order valence-corrected chi connectivity index (χ4v) is 2.03. The lowest BCUT2D eigenvalue weighted by Crippen LogP contribution is -2.12. The van der Waals surface area contributed by atoms with Crippen LogP contribution in [0.5, 0.6) is 0 Å². The van der Waals surface area contributed by atoms with E-state index in [1.807, 2.05) is 7.05 Å². The van der Waals surface area contributed by atoms with E-state index in [0.717, 1.165) is 13.0 Å². The van der Waals surface area contributed by atoms with E-state index < -0.39 is 5.82 Å². The molecule has 0 spiro atoms. The number of halogens is 2. The number of rotatable bonds is 5. The maximum atomic E-state index is 13.3. The number of nitrogen functional groups attached to an aromatic ring is 1. The highest BCUT2D eigenvalue weighted by atomic mass is 79.9. The summed E-state index contributed by atoms with van der Waals surface area (Å²) in [5.74, 6) is -0.475. The van der Waals surface area contributed by atoms with Crippen LogP contribution in [0.1, 0.15) is 18.4 Å². The lowest BCUT2D eigenvalue weighted by molar-refractivity contribution is 0.632. The third kappa shape index (κ3) is 3.02. The Morgan fingerprint density at radius 1 is 1.56 bits per heavy atom. The zero-order chi connectivity index (χ0) is 12.1. The number of benzene rings is 1. The Bertz CT molecular complexity index is 393. The Hall–Kier alpha value is -0.940. The SMILES string of the molecule is CNCCCC(=N)c1c(Br)ccc(F)c1N. The summed E-state index contributed by atoms with van der Waals surface area (Å²) in [6.07, 6.45) is 1.41. The number of hydrogen-bond donors (Lipinski definition) is 3. The van der Waals surface area contributed by atoms with Gasteiger partial charge >= 0.3 is 0 Å². The lowest BCUT2D eigenvalue weighted by atomic mass is 10.0.